The van der Waals surface area contributed by atoms with E-state index in [1.54, 1.807) is 6.07 Å². The van der Waals surface area contributed by atoms with Crippen LogP contribution in [0.5, 0.6) is 0 Å². The predicted molar refractivity (Wildman–Crippen MR) is 64.7 cm³/mol. The number of rotatable bonds is 2. The Kier molecular flexibility index (Phi) is 3.58. The molecular weight excluding hydrogens is 226 g/mol. The van der Waals surface area contributed by atoms with Gasteiger partial charge in [0.1, 0.15) is 0 Å². The van der Waals surface area contributed by atoms with Crippen molar-refractivity contribution < 1.29 is 0 Å². The van der Waals surface area contributed by atoms with Crippen molar-refractivity contribution >= 4 is 17.4 Å². The van der Waals surface area contributed by atoms with Gasteiger partial charge in [-0.05, 0) is 19.2 Å². The fourth-order valence-electron chi connectivity index (χ4n) is 1.98. The van der Waals surface area contributed by atoms with E-state index in [0.717, 1.165) is 25.5 Å². The largest absolute Gasteiger partial charge is 0.348 e. The molecular formula is C10H16ClN5. The van der Waals surface area contributed by atoms with E-state index in [1.807, 2.05) is 6.07 Å². The smallest absolute Gasteiger partial charge is 0.151 e. The van der Waals surface area contributed by atoms with Gasteiger partial charge < -0.3 is 15.5 Å². The summed E-state index contributed by atoms with van der Waals surface area (Å²) in [5.41, 5.74) is 5.78. The quantitative estimate of drug-likeness (QED) is 0.802. The van der Waals surface area contributed by atoms with Crippen molar-refractivity contribution in [3.63, 3.8) is 0 Å². The lowest BCUT2D eigenvalue weighted by atomic mass is 10.1. The maximum absolute atomic E-state index is 5.78. The third-order valence-electron chi connectivity index (χ3n) is 2.87. The van der Waals surface area contributed by atoms with Crippen LogP contribution >= 0.6 is 11.6 Å². The number of piperazine rings is 1. The Morgan fingerprint density at radius 3 is 2.88 bits per heavy atom. The summed E-state index contributed by atoms with van der Waals surface area (Å²) in [4.78, 5) is 4.47. The van der Waals surface area contributed by atoms with Gasteiger partial charge in [0.05, 0.1) is 6.04 Å². The van der Waals surface area contributed by atoms with Crippen LogP contribution < -0.4 is 10.6 Å². The number of nitrogens with zero attached hydrogens (tertiary/aromatic N) is 4. The number of hydrogen-bond acceptors (Lipinski definition) is 5. The molecule has 0 bridgehead atoms. The summed E-state index contributed by atoms with van der Waals surface area (Å²) in [7, 11) is 2.10. The van der Waals surface area contributed by atoms with Gasteiger partial charge in [0.25, 0.3) is 0 Å². The molecule has 1 aliphatic heterocycles. The molecule has 1 aliphatic rings. The van der Waals surface area contributed by atoms with Crippen LogP contribution in [0, 0.1) is 0 Å². The zero-order valence-electron chi connectivity index (χ0n) is 9.30. The molecule has 6 heteroatoms. The minimum atomic E-state index is 0.300. The molecule has 1 aromatic heterocycles. The van der Waals surface area contributed by atoms with Crippen molar-refractivity contribution in [1.29, 1.82) is 0 Å². The second-order valence-electron chi connectivity index (χ2n) is 4.06. The van der Waals surface area contributed by atoms with Gasteiger partial charge in [-0.2, -0.15) is 0 Å². The van der Waals surface area contributed by atoms with E-state index in [-0.39, 0.29) is 0 Å². The summed E-state index contributed by atoms with van der Waals surface area (Å²) in [6.45, 7) is 3.52. The standard InChI is InChI=1S/C10H16ClN5/c1-15-4-5-16(8(6-12)7-15)10-3-2-9(11)13-14-10/h2-3,8H,4-7,12H2,1H3. The molecule has 16 heavy (non-hydrogen) atoms. The number of nitrogens with two attached hydrogens (primary N) is 1. The van der Waals surface area contributed by atoms with Crippen LogP contribution in [-0.4, -0.2) is 54.4 Å². The topological polar surface area (TPSA) is 58.3 Å². The molecule has 88 valence electrons. The van der Waals surface area contributed by atoms with Crippen LogP contribution in [-0.2, 0) is 0 Å². The molecule has 0 amide bonds. The van der Waals surface area contributed by atoms with Gasteiger partial charge in [0.2, 0.25) is 0 Å². The van der Waals surface area contributed by atoms with Crippen LogP contribution in [0.2, 0.25) is 5.15 Å². The highest BCUT2D eigenvalue weighted by atomic mass is 35.5. The molecule has 0 saturated carbocycles. The van der Waals surface area contributed by atoms with E-state index >= 15 is 0 Å². The SMILES string of the molecule is CN1CCN(c2ccc(Cl)nn2)C(CN)C1. The summed E-state index contributed by atoms with van der Waals surface area (Å²) in [6, 6.07) is 3.95. The first-order valence-corrected chi connectivity index (χ1v) is 5.73. The van der Waals surface area contributed by atoms with E-state index in [2.05, 4.69) is 27.0 Å². The molecule has 2 rings (SSSR count). The number of halogens is 1. The Labute approximate surface area is 100 Å². The van der Waals surface area contributed by atoms with Crippen molar-refractivity contribution in [2.24, 2.45) is 5.73 Å². The highest BCUT2D eigenvalue weighted by Gasteiger charge is 2.25. The van der Waals surface area contributed by atoms with Gasteiger partial charge in [-0.1, -0.05) is 11.6 Å². The molecule has 0 aromatic carbocycles. The minimum absolute atomic E-state index is 0.300. The van der Waals surface area contributed by atoms with E-state index in [1.165, 1.54) is 0 Å². The van der Waals surface area contributed by atoms with E-state index in [9.17, 15) is 0 Å². The normalized spacial score (nSPS) is 22.4. The van der Waals surface area contributed by atoms with Gasteiger partial charge in [-0.15, -0.1) is 10.2 Å². The number of likely N-dealkylation sites (N-methyl/N-ethyl adjacent to an activating group) is 1. The van der Waals surface area contributed by atoms with Crippen LogP contribution in [0.25, 0.3) is 0 Å². The summed E-state index contributed by atoms with van der Waals surface area (Å²) >= 11 is 5.72. The maximum Gasteiger partial charge on any atom is 0.151 e. The Morgan fingerprint density at radius 2 is 2.25 bits per heavy atom. The van der Waals surface area contributed by atoms with Gasteiger partial charge in [0, 0.05) is 26.2 Å². The Balaban J connectivity index is 2.15. The molecule has 1 saturated heterocycles. The summed E-state index contributed by atoms with van der Waals surface area (Å²) in [6.07, 6.45) is 0. The van der Waals surface area contributed by atoms with Crippen molar-refractivity contribution in [2.45, 2.75) is 6.04 Å². The zero-order valence-corrected chi connectivity index (χ0v) is 10.1. The number of hydrogen-bond donors (Lipinski definition) is 1. The second kappa shape index (κ2) is 4.95. The fraction of sp³-hybridized carbons (Fsp3) is 0.600. The molecule has 2 N–H and O–H groups in total. The van der Waals surface area contributed by atoms with Crippen LogP contribution in [0.4, 0.5) is 5.82 Å². The molecule has 5 nitrogen and oxygen atoms in total. The Bertz CT molecular complexity index is 342. The number of anilines is 1. The van der Waals surface area contributed by atoms with Crippen molar-refractivity contribution in [3.05, 3.63) is 17.3 Å². The van der Waals surface area contributed by atoms with E-state index < -0.39 is 0 Å². The lowest BCUT2D eigenvalue weighted by Crippen LogP contribution is -2.55. The maximum atomic E-state index is 5.78. The van der Waals surface area contributed by atoms with Crippen molar-refractivity contribution in [2.75, 3.05) is 38.1 Å². The first-order valence-electron chi connectivity index (χ1n) is 5.35. The van der Waals surface area contributed by atoms with Crippen molar-refractivity contribution in [3.8, 4) is 0 Å². The van der Waals surface area contributed by atoms with E-state index in [0.29, 0.717) is 17.7 Å². The van der Waals surface area contributed by atoms with E-state index in [4.69, 9.17) is 17.3 Å². The summed E-state index contributed by atoms with van der Waals surface area (Å²) in [5, 5.41) is 8.38. The zero-order chi connectivity index (χ0) is 11.5. The second-order valence-corrected chi connectivity index (χ2v) is 4.45. The van der Waals surface area contributed by atoms with Gasteiger partial charge >= 0.3 is 0 Å². The molecule has 2 heterocycles. The first kappa shape index (κ1) is 11.6. The first-order chi connectivity index (χ1) is 7.70. The molecule has 1 atom stereocenters. The Hall–Kier alpha value is -0.910. The molecule has 0 radical (unpaired) electrons. The highest BCUT2D eigenvalue weighted by molar-refractivity contribution is 6.29. The third kappa shape index (κ3) is 2.42. The Morgan fingerprint density at radius 1 is 1.44 bits per heavy atom. The van der Waals surface area contributed by atoms with Crippen molar-refractivity contribution in [1.82, 2.24) is 15.1 Å². The fourth-order valence-corrected chi connectivity index (χ4v) is 2.08. The molecule has 0 spiro atoms. The van der Waals surface area contributed by atoms with Crippen LogP contribution in [0.15, 0.2) is 12.1 Å². The van der Waals surface area contributed by atoms with Gasteiger partial charge in [-0.25, -0.2) is 0 Å². The lowest BCUT2D eigenvalue weighted by Gasteiger charge is -2.39. The minimum Gasteiger partial charge on any atom is -0.348 e. The average molecular weight is 242 g/mol. The number of aromatic nitrogens is 2. The predicted octanol–water partition coefficient (Wildman–Crippen LogP) is 0.209. The average Bonchev–Trinajstić information content (AvgIpc) is 2.30. The molecule has 1 aromatic rings. The van der Waals surface area contributed by atoms with Gasteiger partial charge in [0.15, 0.2) is 11.0 Å². The molecule has 0 aliphatic carbocycles. The summed E-state index contributed by atoms with van der Waals surface area (Å²) < 4.78 is 0. The van der Waals surface area contributed by atoms with Crippen LogP contribution in [0.1, 0.15) is 0 Å². The lowest BCUT2D eigenvalue weighted by molar-refractivity contribution is 0.268. The molecule has 1 unspecified atom stereocenters. The molecule has 1 fully saturated rings. The highest BCUT2D eigenvalue weighted by Crippen LogP contribution is 2.17. The van der Waals surface area contributed by atoms with Gasteiger partial charge in [-0.3, -0.25) is 0 Å². The summed E-state index contributed by atoms with van der Waals surface area (Å²) in [5.74, 6) is 0.855. The third-order valence-corrected chi connectivity index (χ3v) is 3.07. The van der Waals surface area contributed by atoms with Crippen LogP contribution in [0.3, 0.4) is 0 Å². The monoisotopic (exact) mass is 241 g/mol.